The summed E-state index contributed by atoms with van der Waals surface area (Å²) in [6, 6.07) is 0. The van der Waals surface area contributed by atoms with Crippen LogP contribution >= 0.6 is 0 Å². The summed E-state index contributed by atoms with van der Waals surface area (Å²) in [5.74, 6) is -0.219. The van der Waals surface area contributed by atoms with Crippen LogP contribution < -0.4 is 11.1 Å². The van der Waals surface area contributed by atoms with E-state index < -0.39 is 0 Å². The van der Waals surface area contributed by atoms with E-state index in [0.29, 0.717) is 17.9 Å². The van der Waals surface area contributed by atoms with Crippen molar-refractivity contribution in [3.63, 3.8) is 0 Å². The minimum Gasteiger partial charge on any atom is -0.395 e. The number of nitrogens with two attached hydrogens (primary N) is 1. The molecule has 0 radical (unpaired) electrons. The number of anilines is 1. The highest BCUT2D eigenvalue weighted by Gasteiger charge is 2.18. The molecule has 1 heterocycles. The first-order valence-electron chi connectivity index (χ1n) is 5.46. The Bertz CT molecular complexity index is 376. The normalized spacial score (nSPS) is 11.5. The Morgan fingerprint density at radius 1 is 1.50 bits per heavy atom. The summed E-state index contributed by atoms with van der Waals surface area (Å²) in [4.78, 5) is 11.8. The van der Waals surface area contributed by atoms with E-state index in [1.165, 1.54) is 0 Å². The maximum absolute atomic E-state index is 11.8. The average molecular weight is 224 g/mol. The fourth-order valence-electron chi connectivity index (χ4n) is 1.26. The number of rotatable bonds is 3. The number of hydrogen-bond donors (Lipinski definition) is 3. The van der Waals surface area contributed by atoms with Crippen LogP contribution in [-0.4, -0.2) is 22.6 Å². The van der Waals surface area contributed by atoms with Crippen molar-refractivity contribution in [3.8, 4) is 0 Å². The summed E-state index contributed by atoms with van der Waals surface area (Å²) in [6.07, 6.45) is 0.741. The molecule has 1 amide bonds. The van der Waals surface area contributed by atoms with Crippen molar-refractivity contribution in [1.82, 2.24) is 15.5 Å². The maximum atomic E-state index is 11.8. The van der Waals surface area contributed by atoms with Crippen LogP contribution in [0.1, 0.15) is 43.9 Å². The summed E-state index contributed by atoms with van der Waals surface area (Å²) >= 11 is 0. The highest BCUT2D eigenvalue weighted by atomic mass is 16.1. The van der Waals surface area contributed by atoms with Crippen LogP contribution in [-0.2, 0) is 6.42 Å². The van der Waals surface area contributed by atoms with Crippen LogP contribution in [0.25, 0.3) is 0 Å². The van der Waals surface area contributed by atoms with Gasteiger partial charge in [0.25, 0.3) is 5.91 Å². The molecule has 1 rings (SSSR count). The van der Waals surface area contributed by atoms with E-state index >= 15 is 0 Å². The smallest absolute Gasteiger partial charge is 0.273 e. The lowest BCUT2D eigenvalue weighted by molar-refractivity contribution is 0.0935. The lowest BCUT2D eigenvalue weighted by Crippen LogP contribution is -2.32. The fraction of sp³-hybridized carbons (Fsp3) is 0.636. The third-order valence-corrected chi connectivity index (χ3v) is 2.23. The zero-order chi connectivity index (χ0) is 12.3. The molecule has 90 valence electrons. The summed E-state index contributed by atoms with van der Waals surface area (Å²) < 4.78 is 0. The summed E-state index contributed by atoms with van der Waals surface area (Å²) in [5.41, 5.74) is 7.40. The molecular formula is C11H20N4O. The van der Waals surface area contributed by atoms with Crippen molar-refractivity contribution in [2.75, 3.05) is 12.3 Å². The molecule has 1 aromatic heterocycles. The predicted octanol–water partition coefficient (Wildman–Crippen LogP) is 1.33. The van der Waals surface area contributed by atoms with Gasteiger partial charge >= 0.3 is 0 Å². The van der Waals surface area contributed by atoms with Gasteiger partial charge in [-0.05, 0) is 11.8 Å². The van der Waals surface area contributed by atoms with Crippen molar-refractivity contribution < 1.29 is 4.79 Å². The largest absolute Gasteiger partial charge is 0.395 e. The minimum absolute atomic E-state index is 0.0499. The monoisotopic (exact) mass is 224 g/mol. The second kappa shape index (κ2) is 4.55. The minimum atomic E-state index is -0.219. The van der Waals surface area contributed by atoms with Crippen molar-refractivity contribution in [3.05, 3.63) is 11.4 Å². The molecule has 0 unspecified atom stereocenters. The summed E-state index contributed by atoms with van der Waals surface area (Å²) in [6.45, 7) is 8.72. The van der Waals surface area contributed by atoms with Crippen LogP contribution in [0.3, 0.4) is 0 Å². The molecule has 4 N–H and O–H groups in total. The number of nitrogen functional groups attached to an aromatic ring is 1. The van der Waals surface area contributed by atoms with Crippen molar-refractivity contribution in [2.45, 2.75) is 34.1 Å². The number of H-pyrrole nitrogens is 1. The van der Waals surface area contributed by atoms with Crippen LogP contribution in [0.2, 0.25) is 0 Å². The molecular weight excluding hydrogens is 204 g/mol. The number of aryl methyl sites for hydroxylation is 1. The first-order chi connectivity index (χ1) is 7.35. The Labute approximate surface area is 95.8 Å². The van der Waals surface area contributed by atoms with Crippen molar-refractivity contribution in [1.29, 1.82) is 0 Å². The zero-order valence-electron chi connectivity index (χ0n) is 10.3. The van der Waals surface area contributed by atoms with E-state index in [2.05, 4.69) is 36.3 Å². The third kappa shape index (κ3) is 2.98. The van der Waals surface area contributed by atoms with Crippen LogP contribution in [0, 0.1) is 5.41 Å². The van der Waals surface area contributed by atoms with Gasteiger partial charge in [-0.3, -0.25) is 9.89 Å². The topological polar surface area (TPSA) is 83.8 Å². The molecule has 5 nitrogen and oxygen atoms in total. The van der Waals surface area contributed by atoms with Gasteiger partial charge in [-0.25, -0.2) is 0 Å². The van der Waals surface area contributed by atoms with Crippen molar-refractivity contribution in [2.24, 2.45) is 5.41 Å². The van der Waals surface area contributed by atoms with Gasteiger partial charge in [0, 0.05) is 6.54 Å². The third-order valence-electron chi connectivity index (χ3n) is 2.23. The van der Waals surface area contributed by atoms with Crippen LogP contribution in [0.4, 0.5) is 5.69 Å². The quantitative estimate of drug-likeness (QED) is 0.724. The molecule has 16 heavy (non-hydrogen) atoms. The van der Waals surface area contributed by atoms with Gasteiger partial charge in [0.2, 0.25) is 0 Å². The van der Waals surface area contributed by atoms with Gasteiger partial charge < -0.3 is 11.1 Å². The molecule has 0 aliphatic rings. The SMILES string of the molecule is CCc1[nH]nc(C(=O)NCC(C)(C)C)c1N. The highest BCUT2D eigenvalue weighted by molar-refractivity contribution is 5.97. The van der Waals surface area contributed by atoms with E-state index in [1.807, 2.05) is 6.92 Å². The lowest BCUT2D eigenvalue weighted by atomic mass is 9.97. The summed E-state index contributed by atoms with van der Waals surface area (Å²) in [7, 11) is 0. The van der Waals surface area contributed by atoms with E-state index in [4.69, 9.17) is 5.73 Å². The Kier molecular flexibility index (Phi) is 3.57. The molecule has 0 atom stereocenters. The van der Waals surface area contributed by atoms with Gasteiger partial charge in [-0.15, -0.1) is 0 Å². The summed E-state index contributed by atoms with van der Waals surface area (Å²) in [5, 5.41) is 9.51. The van der Waals surface area contributed by atoms with Crippen LogP contribution in [0.15, 0.2) is 0 Å². The number of aromatic nitrogens is 2. The Morgan fingerprint density at radius 2 is 2.12 bits per heavy atom. The van der Waals surface area contributed by atoms with E-state index in [1.54, 1.807) is 0 Å². The number of aromatic amines is 1. The molecule has 0 saturated heterocycles. The number of nitrogens with one attached hydrogen (secondary N) is 2. The van der Waals surface area contributed by atoms with Gasteiger partial charge in [-0.1, -0.05) is 27.7 Å². The Hall–Kier alpha value is -1.52. The standard InChI is InChI=1S/C11H20N4O/c1-5-7-8(12)9(15-14-7)10(16)13-6-11(2,3)4/h5-6,12H2,1-4H3,(H,13,16)(H,14,15). The molecule has 0 aromatic carbocycles. The number of hydrogen-bond acceptors (Lipinski definition) is 3. The highest BCUT2D eigenvalue weighted by Crippen LogP contribution is 2.15. The van der Waals surface area contributed by atoms with Crippen molar-refractivity contribution >= 4 is 11.6 Å². The molecule has 1 aromatic rings. The first kappa shape index (κ1) is 12.5. The molecule has 0 aliphatic heterocycles. The second-order valence-corrected chi connectivity index (χ2v) is 5.06. The Balaban J connectivity index is 2.70. The average Bonchev–Trinajstić information content (AvgIpc) is 2.55. The van der Waals surface area contributed by atoms with Crippen LogP contribution in [0.5, 0.6) is 0 Å². The van der Waals surface area contributed by atoms with E-state index in [0.717, 1.165) is 12.1 Å². The first-order valence-corrected chi connectivity index (χ1v) is 5.46. The molecule has 0 fully saturated rings. The van der Waals surface area contributed by atoms with E-state index in [9.17, 15) is 4.79 Å². The molecule has 5 heteroatoms. The van der Waals surface area contributed by atoms with Gasteiger partial charge in [0.1, 0.15) is 0 Å². The van der Waals surface area contributed by atoms with E-state index in [-0.39, 0.29) is 11.3 Å². The molecule has 0 saturated carbocycles. The molecule has 0 bridgehead atoms. The molecule has 0 aliphatic carbocycles. The molecule has 0 spiro atoms. The lowest BCUT2D eigenvalue weighted by Gasteiger charge is -2.18. The number of carbonyl (C=O) groups excluding carboxylic acids is 1. The predicted molar refractivity (Wildman–Crippen MR) is 64.2 cm³/mol. The number of carbonyl (C=O) groups is 1. The number of amides is 1. The van der Waals surface area contributed by atoms with Gasteiger partial charge in [0.05, 0.1) is 11.4 Å². The Morgan fingerprint density at radius 3 is 2.56 bits per heavy atom. The second-order valence-electron chi connectivity index (χ2n) is 5.06. The number of nitrogens with zero attached hydrogens (tertiary/aromatic N) is 1. The van der Waals surface area contributed by atoms with Gasteiger partial charge in [0.15, 0.2) is 5.69 Å². The van der Waals surface area contributed by atoms with Gasteiger partial charge in [-0.2, -0.15) is 5.10 Å². The maximum Gasteiger partial charge on any atom is 0.273 e. The zero-order valence-corrected chi connectivity index (χ0v) is 10.3. The fourth-order valence-corrected chi connectivity index (χ4v) is 1.26.